The third kappa shape index (κ3) is 6.61. The van der Waals surface area contributed by atoms with Gasteiger partial charge in [-0.25, -0.2) is 8.42 Å². The fourth-order valence-corrected chi connectivity index (χ4v) is 5.48. The summed E-state index contributed by atoms with van der Waals surface area (Å²) in [7, 11) is -1.16. The van der Waals surface area contributed by atoms with Crippen molar-refractivity contribution in [2.24, 2.45) is 0 Å². The van der Waals surface area contributed by atoms with E-state index < -0.39 is 28.5 Å². The zero-order chi connectivity index (χ0) is 27.2. The minimum Gasteiger partial charge on any atom is -0.497 e. The Bertz CT molecular complexity index is 1360. The molecule has 0 radical (unpaired) electrons. The van der Waals surface area contributed by atoms with Crippen LogP contribution in [0.15, 0.2) is 77.7 Å². The molecule has 196 valence electrons. The van der Waals surface area contributed by atoms with Gasteiger partial charge in [0, 0.05) is 13.6 Å². The lowest BCUT2D eigenvalue weighted by Crippen LogP contribution is -2.50. The highest BCUT2D eigenvalue weighted by molar-refractivity contribution is 7.92. The number of carbonyl (C=O) groups excluding carboxylic acids is 2. The van der Waals surface area contributed by atoms with Crippen molar-refractivity contribution < 1.29 is 22.7 Å². The largest absolute Gasteiger partial charge is 0.497 e. The van der Waals surface area contributed by atoms with Gasteiger partial charge in [-0.2, -0.15) is 0 Å². The van der Waals surface area contributed by atoms with E-state index in [2.05, 4.69) is 5.32 Å². The van der Waals surface area contributed by atoms with Crippen LogP contribution in [0.25, 0.3) is 0 Å². The second kappa shape index (κ2) is 12.1. The van der Waals surface area contributed by atoms with Crippen molar-refractivity contribution in [2.45, 2.75) is 31.3 Å². The van der Waals surface area contributed by atoms with Crippen molar-refractivity contribution >= 4 is 39.1 Å². The number of sulfonamides is 1. The minimum atomic E-state index is -4.18. The molecule has 2 amide bonds. The van der Waals surface area contributed by atoms with Gasteiger partial charge in [-0.15, -0.1) is 0 Å². The second-order valence-corrected chi connectivity index (χ2v) is 10.7. The average Bonchev–Trinajstić information content (AvgIpc) is 2.90. The molecule has 1 N–H and O–H groups in total. The van der Waals surface area contributed by atoms with E-state index in [0.717, 1.165) is 9.87 Å². The molecule has 0 aliphatic rings. The monoisotopic (exact) mass is 543 g/mol. The molecule has 0 heterocycles. The van der Waals surface area contributed by atoms with E-state index in [1.807, 2.05) is 6.92 Å². The number of para-hydroxylation sites is 1. The number of likely N-dealkylation sites (N-methyl/N-ethyl adjacent to an activating group) is 1. The number of amides is 2. The number of rotatable bonds is 10. The number of hydrogen-bond donors (Lipinski definition) is 1. The van der Waals surface area contributed by atoms with Gasteiger partial charge in [0.15, 0.2) is 0 Å². The van der Waals surface area contributed by atoms with Crippen LogP contribution in [-0.2, 0) is 26.2 Å². The summed E-state index contributed by atoms with van der Waals surface area (Å²) in [4.78, 5) is 27.7. The summed E-state index contributed by atoms with van der Waals surface area (Å²) in [6.07, 6.45) is 0. The average molecular weight is 544 g/mol. The number of methoxy groups -OCH3 is 1. The zero-order valence-electron chi connectivity index (χ0n) is 21.1. The summed E-state index contributed by atoms with van der Waals surface area (Å²) >= 11 is 6.39. The highest BCUT2D eigenvalue weighted by atomic mass is 35.5. The fraction of sp³-hybridized carbons (Fsp3) is 0.259. The topological polar surface area (TPSA) is 96.0 Å². The maximum atomic E-state index is 13.8. The van der Waals surface area contributed by atoms with Crippen LogP contribution in [-0.4, -0.2) is 51.9 Å². The first kappa shape index (κ1) is 28.0. The number of anilines is 1. The molecule has 0 spiro atoms. The van der Waals surface area contributed by atoms with Crippen LogP contribution in [0.3, 0.4) is 0 Å². The molecular formula is C27H30ClN3O5S. The lowest BCUT2D eigenvalue weighted by molar-refractivity contribution is -0.139. The van der Waals surface area contributed by atoms with Crippen LogP contribution in [0.5, 0.6) is 5.75 Å². The van der Waals surface area contributed by atoms with Crippen molar-refractivity contribution in [3.8, 4) is 5.75 Å². The van der Waals surface area contributed by atoms with E-state index in [-0.39, 0.29) is 28.1 Å². The van der Waals surface area contributed by atoms with E-state index in [9.17, 15) is 18.0 Å². The summed E-state index contributed by atoms with van der Waals surface area (Å²) in [6, 6.07) is 19.0. The maximum absolute atomic E-state index is 13.8. The van der Waals surface area contributed by atoms with Crippen molar-refractivity contribution in [3.63, 3.8) is 0 Å². The number of nitrogens with one attached hydrogen (secondary N) is 1. The van der Waals surface area contributed by atoms with Gasteiger partial charge in [0.05, 0.1) is 22.7 Å². The van der Waals surface area contributed by atoms with Crippen molar-refractivity contribution in [1.82, 2.24) is 10.2 Å². The van der Waals surface area contributed by atoms with Crippen molar-refractivity contribution in [3.05, 3.63) is 88.9 Å². The van der Waals surface area contributed by atoms with E-state index >= 15 is 0 Å². The van der Waals surface area contributed by atoms with Gasteiger partial charge in [-0.05, 0) is 55.8 Å². The van der Waals surface area contributed by atoms with Gasteiger partial charge in [0.25, 0.3) is 10.0 Å². The van der Waals surface area contributed by atoms with Gasteiger partial charge in [0.2, 0.25) is 11.8 Å². The van der Waals surface area contributed by atoms with Crippen LogP contribution in [0.4, 0.5) is 5.69 Å². The Hall–Kier alpha value is -3.56. The second-order valence-electron chi connectivity index (χ2n) is 8.44. The molecule has 0 unspecified atom stereocenters. The normalized spacial score (nSPS) is 11.9. The first-order valence-electron chi connectivity index (χ1n) is 11.6. The highest BCUT2D eigenvalue weighted by Crippen LogP contribution is 2.31. The highest BCUT2D eigenvalue weighted by Gasteiger charge is 2.33. The Balaban J connectivity index is 2.04. The molecule has 0 aliphatic carbocycles. The summed E-state index contributed by atoms with van der Waals surface area (Å²) in [5.41, 5.74) is 1.77. The van der Waals surface area contributed by atoms with E-state index in [1.165, 1.54) is 37.3 Å². The Morgan fingerprint density at radius 1 is 1.03 bits per heavy atom. The number of halogens is 1. The minimum absolute atomic E-state index is 0.0181. The van der Waals surface area contributed by atoms with Crippen LogP contribution in [0, 0.1) is 6.92 Å². The Morgan fingerprint density at radius 3 is 2.32 bits per heavy atom. The molecule has 3 aromatic carbocycles. The Kier molecular flexibility index (Phi) is 9.18. The molecule has 0 aliphatic heterocycles. The third-order valence-corrected chi connectivity index (χ3v) is 8.00. The van der Waals surface area contributed by atoms with E-state index in [0.29, 0.717) is 11.3 Å². The molecule has 3 rings (SSSR count). The predicted molar refractivity (Wildman–Crippen MR) is 144 cm³/mol. The lowest BCUT2D eigenvalue weighted by Gasteiger charge is -2.32. The molecule has 37 heavy (non-hydrogen) atoms. The first-order valence-corrected chi connectivity index (χ1v) is 13.4. The smallest absolute Gasteiger partial charge is 0.264 e. The molecule has 0 saturated carbocycles. The first-order chi connectivity index (χ1) is 17.6. The number of nitrogens with zero attached hydrogens (tertiary/aromatic N) is 2. The van der Waals surface area contributed by atoms with Gasteiger partial charge in [-0.1, -0.05) is 53.6 Å². The van der Waals surface area contributed by atoms with Gasteiger partial charge in [-0.3, -0.25) is 13.9 Å². The lowest BCUT2D eigenvalue weighted by atomic mass is 10.1. The number of carbonyl (C=O) groups is 2. The number of hydrogen-bond acceptors (Lipinski definition) is 5. The Morgan fingerprint density at radius 2 is 1.70 bits per heavy atom. The SMILES string of the molecule is CNC(=O)[C@@H](C)N(Cc1cccc(OC)c1)C(=O)CN(c1ccccc1Cl)S(=O)(=O)c1ccc(C)cc1. The summed E-state index contributed by atoms with van der Waals surface area (Å²) in [6.45, 7) is 2.93. The molecule has 0 saturated heterocycles. The van der Waals surface area contributed by atoms with Crippen molar-refractivity contribution in [2.75, 3.05) is 25.0 Å². The van der Waals surface area contributed by atoms with Crippen LogP contribution < -0.4 is 14.4 Å². The molecule has 0 fully saturated rings. The number of ether oxygens (including phenoxy) is 1. The Labute approximate surface area is 222 Å². The summed E-state index contributed by atoms with van der Waals surface area (Å²) < 4.78 is 33.8. The maximum Gasteiger partial charge on any atom is 0.264 e. The van der Waals surface area contributed by atoms with E-state index in [1.54, 1.807) is 61.5 Å². The fourth-order valence-electron chi connectivity index (χ4n) is 3.76. The van der Waals surface area contributed by atoms with Gasteiger partial charge < -0.3 is 15.0 Å². The zero-order valence-corrected chi connectivity index (χ0v) is 22.7. The van der Waals surface area contributed by atoms with Crippen LogP contribution >= 0.6 is 11.6 Å². The molecule has 1 atom stereocenters. The van der Waals surface area contributed by atoms with E-state index in [4.69, 9.17) is 16.3 Å². The molecule has 10 heteroatoms. The molecule has 0 aromatic heterocycles. The van der Waals surface area contributed by atoms with Crippen molar-refractivity contribution in [1.29, 1.82) is 0 Å². The standard InChI is InChI=1S/C27H30ClN3O5S/c1-19-12-14-23(15-13-19)37(34,35)31(25-11-6-5-10-24(25)28)18-26(32)30(20(2)27(33)29-3)17-21-8-7-9-22(16-21)36-4/h5-16,20H,17-18H2,1-4H3,(H,29,33)/t20-/m1/s1. The summed E-state index contributed by atoms with van der Waals surface area (Å²) in [5.74, 6) is -0.367. The summed E-state index contributed by atoms with van der Waals surface area (Å²) in [5, 5.41) is 2.72. The number of aryl methyl sites for hydroxylation is 1. The molecule has 3 aromatic rings. The van der Waals surface area contributed by atoms with Gasteiger partial charge >= 0.3 is 0 Å². The quantitative estimate of drug-likeness (QED) is 0.417. The molecule has 0 bridgehead atoms. The van der Waals surface area contributed by atoms with Crippen LogP contribution in [0.2, 0.25) is 5.02 Å². The molecular weight excluding hydrogens is 514 g/mol. The molecule has 8 nitrogen and oxygen atoms in total. The third-order valence-electron chi connectivity index (χ3n) is 5.91. The predicted octanol–water partition coefficient (Wildman–Crippen LogP) is 4.02. The van der Waals surface area contributed by atoms with Crippen LogP contribution in [0.1, 0.15) is 18.1 Å². The number of benzene rings is 3. The van der Waals surface area contributed by atoms with Gasteiger partial charge in [0.1, 0.15) is 18.3 Å².